The zero-order chi connectivity index (χ0) is 9.30. The average Bonchev–Trinajstić information content (AvgIpc) is 2.28. The Morgan fingerprint density at radius 1 is 1.58 bits per heavy atom. The molecule has 0 bridgehead atoms. The zero-order valence-electron chi connectivity index (χ0n) is 6.96. The molecule has 1 heterocycles. The summed E-state index contributed by atoms with van der Waals surface area (Å²) in [6.07, 6.45) is -0.893. The number of alkyl halides is 2. The molecule has 1 aromatic rings. The highest BCUT2D eigenvalue weighted by Crippen LogP contribution is 2.18. The largest absolute Gasteiger partial charge is 0.318 e. The van der Waals surface area contributed by atoms with Crippen LogP contribution in [0.4, 0.5) is 8.78 Å². The normalized spacial score (nSPS) is 13.8. The van der Waals surface area contributed by atoms with Gasteiger partial charge in [0, 0.05) is 13.2 Å². The van der Waals surface area contributed by atoms with Gasteiger partial charge in [0.1, 0.15) is 6.04 Å². The third-order valence-corrected chi connectivity index (χ3v) is 1.64. The van der Waals surface area contributed by atoms with Gasteiger partial charge in [-0.15, -0.1) is 0 Å². The predicted molar refractivity (Wildman–Crippen MR) is 40.9 cm³/mol. The lowest BCUT2D eigenvalue weighted by Gasteiger charge is -2.07. The Bertz CT molecular complexity index is 270. The van der Waals surface area contributed by atoms with Crippen LogP contribution in [-0.4, -0.2) is 16.2 Å². The molecule has 1 unspecified atom stereocenters. The van der Waals surface area contributed by atoms with E-state index in [1.165, 1.54) is 4.68 Å². The molecule has 0 radical (unpaired) electrons. The van der Waals surface area contributed by atoms with Crippen molar-refractivity contribution in [1.82, 2.24) is 9.78 Å². The molecule has 0 spiro atoms. The molecule has 0 amide bonds. The Labute approximate surface area is 69.2 Å². The second kappa shape index (κ2) is 3.18. The summed E-state index contributed by atoms with van der Waals surface area (Å²) >= 11 is 0. The first kappa shape index (κ1) is 9.12. The summed E-state index contributed by atoms with van der Waals surface area (Å²) in [5, 5.41) is 3.84. The summed E-state index contributed by atoms with van der Waals surface area (Å²) in [5.41, 5.74) is 6.20. The molecule has 0 saturated carbocycles. The molecule has 3 nitrogen and oxygen atoms in total. The molecule has 0 saturated heterocycles. The summed E-state index contributed by atoms with van der Waals surface area (Å²) in [7, 11) is 1.68. The summed E-state index contributed by atoms with van der Waals surface area (Å²) < 4.78 is 25.7. The molecule has 0 aliphatic rings. The molecule has 0 aliphatic heterocycles. The monoisotopic (exact) mass is 175 g/mol. The van der Waals surface area contributed by atoms with Gasteiger partial charge in [-0.25, -0.2) is 8.78 Å². The lowest BCUT2D eigenvalue weighted by Crippen LogP contribution is -2.20. The van der Waals surface area contributed by atoms with Crippen molar-refractivity contribution in [1.29, 1.82) is 0 Å². The molecule has 12 heavy (non-hydrogen) atoms. The number of nitrogens with zero attached hydrogens (tertiary/aromatic N) is 2. The van der Waals surface area contributed by atoms with Crippen molar-refractivity contribution < 1.29 is 8.78 Å². The maximum atomic E-state index is 12.1. The van der Waals surface area contributed by atoms with E-state index >= 15 is 0 Å². The SMILES string of the molecule is Cc1cn(C)nc1C(N)C(F)F. The van der Waals surface area contributed by atoms with Gasteiger partial charge in [0.15, 0.2) is 0 Å². The fraction of sp³-hybridized carbons (Fsp3) is 0.571. The van der Waals surface area contributed by atoms with Crippen molar-refractivity contribution in [3.8, 4) is 0 Å². The van der Waals surface area contributed by atoms with Crippen LogP contribution in [-0.2, 0) is 7.05 Å². The van der Waals surface area contributed by atoms with E-state index < -0.39 is 12.5 Å². The molecule has 0 aliphatic carbocycles. The first-order chi connectivity index (χ1) is 5.52. The number of aromatic nitrogens is 2. The average molecular weight is 175 g/mol. The van der Waals surface area contributed by atoms with Gasteiger partial charge in [-0.1, -0.05) is 0 Å². The molecule has 0 aromatic carbocycles. The van der Waals surface area contributed by atoms with Gasteiger partial charge in [0.2, 0.25) is 0 Å². The van der Waals surface area contributed by atoms with E-state index in [4.69, 9.17) is 5.73 Å². The van der Waals surface area contributed by atoms with Gasteiger partial charge < -0.3 is 5.73 Å². The van der Waals surface area contributed by atoms with Gasteiger partial charge in [-0.05, 0) is 12.5 Å². The predicted octanol–water partition coefficient (Wildman–Crippen LogP) is 0.993. The highest BCUT2D eigenvalue weighted by Gasteiger charge is 2.21. The van der Waals surface area contributed by atoms with Crippen molar-refractivity contribution in [3.63, 3.8) is 0 Å². The lowest BCUT2D eigenvalue weighted by molar-refractivity contribution is 0.114. The number of rotatable bonds is 2. The fourth-order valence-electron chi connectivity index (χ4n) is 1.07. The topological polar surface area (TPSA) is 43.8 Å². The molecule has 0 fully saturated rings. The van der Waals surface area contributed by atoms with E-state index in [1.54, 1.807) is 20.2 Å². The maximum Gasteiger partial charge on any atom is 0.259 e. The molecule has 5 heteroatoms. The van der Waals surface area contributed by atoms with E-state index in [0.717, 1.165) is 0 Å². The van der Waals surface area contributed by atoms with Gasteiger partial charge in [-0.2, -0.15) is 5.10 Å². The van der Waals surface area contributed by atoms with Gasteiger partial charge in [0.05, 0.1) is 5.69 Å². The van der Waals surface area contributed by atoms with Gasteiger partial charge >= 0.3 is 0 Å². The van der Waals surface area contributed by atoms with Crippen LogP contribution in [0, 0.1) is 6.92 Å². The van der Waals surface area contributed by atoms with Gasteiger partial charge in [0.25, 0.3) is 6.43 Å². The quantitative estimate of drug-likeness (QED) is 0.728. The standard InChI is InChI=1S/C7H11F2N3/c1-4-3-12(2)11-6(4)5(10)7(8)9/h3,5,7H,10H2,1-2H3. The van der Waals surface area contributed by atoms with Crippen LogP contribution in [0.1, 0.15) is 17.3 Å². The molecule has 1 rings (SSSR count). The van der Waals surface area contributed by atoms with E-state index in [1.807, 2.05) is 0 Å². The fourth-order valence-corrected chi connectivity index (χ4v) is 1.07. The molecular formula is C7H11F2N3. The number of hydrogen-bond acceptors (Lipinski definition) is 2. The molecule has 68 valence electrons. The van der Waals surface area contributed by atoms with E-state index in [0.29, 0.717) is 5.56 Å². The number of aryl methyl sites for hydroxylation is 2. The van der Waals surface area contributed by atoms with Crippen molar-refractivity contribution >= 4 is 0 Å². The van der Waals surface area contributed by atoms with Gasteiger partial charge in [-0.3, -0.25) is 4.68 Å². The highest BCUT2D eigenvalue weighted by molar-refractivity contribution is 5.18. The van der Waals surface area contributed by atoms with Crippen molar-refractivity contribution in [2.45, 2.75) is 19.4 Å². The summed E-state index contributed by atoms with van der Waals surface area (Å²) in [4.78, 5) is 0. The highest BCUT2D eigenvalue weighted by atomic mass is 19.3. The zero-order valence-corrected chi connectivity index (χ0v) is 6.96. The molecule has 1 aromatic heterocycles. The van der Waals surface area contributed by atoms with Crippen LogP contribution in [0.5, 0.6) is 0 Å². The lowest BCUT2D eigenvalue weighted by atomic mass is 10.1. The van der Waals surface area contributed by atoms with Crippen LogP contribution in [0.3, 0.4) is 0 Å². The minimum atomic E-state index is -2.56. The number of halogens is 2. The summed E-state index contributed by atoms with van der Waals surface area (Å²) in [6.45, 7) is 1.71. The Hall–Kier alpha value is -0.970. The minimum Gasteiger partial charge on any atom is -0.318 e. The van der Waals surface area contributed by atoms with Crippen molar-refractivity contribution in [3.05, 3.63) is 17.5 Å². The molecule has 1 atom stereocenters. The first-order valence-electron chi connectivity index (χ1n) is 3.56. The van der Waals surface area contributed by atoms with E-state index in [2.05, 4.69) is 5.10 Å². The van der Waals surface area contributed by atoms with Crippen LogP contribution >= 0.6 is 0 Å². The Kier molecular flexibility index (Phi) is 2.42. The van der Waals surface area contributed by atoms with Crippen LogP contribution in [0.25, 0.3) is 0 Å². The van der Waals surface area contributed by atoms with E-state index in [-0.39, 0.29) is 5.69 Å². The minimum absolute atomic E-state index is 0.271. The van der Waals surface area contributed by atoms with Crippen molar-refractivity contribution in [2.24, 2.45) is 12.8 Å². The van der Waals surface area contributed by atoms with Crippen LogP contribution in [0.15, 0.2) is 6.20 Å². The third kappa shape index (κ3) is 1.61. The molecular weight excluding hydrogens is 164 g/mol. The third-order valence-electron chi connectivity index (χ3n) is 1.64. The smallest absolute Gasteiger partial charge is 0.259 e. The second-order valence-corrected chi connectivity index (χ2v) is 2.73. The molecule has 2 N–H and O–H groups in total. The van der Waals surface area contributed by atoms with Crippen molar-refractivity contribution in [2.75, 3.05) is 0 Å². The second-order valence-electron chi connectivity index (χ2n) is 2.73. The Morgan fingerprint density at radius 2 is 2.17 bits per heavy atom. The first-order valence-corrected chi connectivity index (χ1v) is 3.56. The maximum absolute atomic E-state index is 12.1. The Balaban J connectivity index is 2.94. The number of hydrogen-bond donors (Lipinski definition) is 1. The summed E-state index contributed by atoms with van der Waals surface area (Å²) in [5.74, 6) is 0. The Morgan fingerprint density at radius 3 is 2.50 bits per heavy atom. The number of nitrogens with two attached hydrogens (primary N) is 1. The van der Waals surface area contributed by atoms with Crippen LogP contribution < -0.4 is 5.73 Å². The van der Waals surface area contributed by atoms with E-state index in [9.17, 15) is 8.78 Å². The summed E-state index contributed by atoms with van der Waals surface area (Å²) in [6, 6.07) is -1.27. The van der Waals surface area contributed by atoms with Crippen LogP contribution in [0.2, 0.25) is 0 Å².